The Morgan fingerprint density at radius 2 is 2.00 bits per heavy atom. The SMILES string of the molecule is Brc1ccccc1-c1ccc2c(c1)NCCO2. The lowest BCUT2D eigenvalue weighted by Gasteiger charge is -2.20. The second-order valence-corrected chi connectivity index (χ2v) is 4.82. The predicted molar refractivity (Wildman–Crippen MR) is 73.6 cm³/mol. The van der Waals surface area contributed by atoms with E-state index in [0.29, 0.717) is 0 Å². The quantitative estimate of drug-likeness (QED) is 0.859. The Labute approximate surface area is 109 Å². The van der Waals surface area contributed by atoms with Crippen LogP contribution in [0.1, 0.15) is 0 Å². The van der Waals surface area contributed by atoms with E-state index in [0.717, 1.165) is 29.1 Å². The van der Waals surface area contributed by atoms with Crippen LogP contribution >= 0.6 is 15.9 Å². The Kier molecular flexibility index (Phi) is 2.77. The molecule has 0 saturated carbocycles. The molecule has 0 unspecified atom stereocenters. The van der Waals surface area contributed by atoms with E-state index in [9.17, 15) is 0 Å². The minimum Gasteiger partial charge on any atom is -0.490 e. The molecule has 1 aliphatic rings. The molecule has 0 amide bonds. The third-order valence-corrected chi connectivity index (χ3v) is 3.53. The molecule has 17 heavy (non-hydrogen) atoms. The van der Waals surface area contributed by atoms with E-state index in [1.165, 1.54) is 11.1 Å². The maximum Gasteiger partial charge on any atom is 0.142 e. The van der Waals surface area contributed by atoms with Gasteiger partial charge in [0, 0.05) is 11.0 Å². The van der Waals surface area contributed by atoms with Crippen molar-refractivity contribution in [2.75, 3.05) is 18.5 Å². The first kappa shape index (κ1) is 10.7. The molecule has 0 spiro atoms. The monoisotopic (exact) mass is 289 g/mol. The number of hydrogen-bond acceptors (Lipinski definition) is 2. The van der Waals surface area contributed by atoms with Gasteiger partial charge in [-0.15, -0.1) is 0 Å². The van der Waals surface area contributed by atoms with Crippen LogP contribution in [0.3, 0.4) is 0 Å². The zero-order valence-electron chi connectivity index (χ0n) is 9.24. The Morgan fingerprint density at radius 1 is 1.12 bits per heavy atom. The van der Waals surface area contributed by atoms with E-state index in [1.54, 1.807) is 0 Å². The number of nitrogens with one attached hydrogen (secondary N) is 1. The number of benzene rings is 2. The van der Waals surface area contributed by atoms with Gasteiger partial charge in [-0.25, -0.2) is 0 Å². The van der Waals surface area contributed by atoms with Crippen LogP contribution < -0.4 is 10.1 Å². The van der Waals surface area contributed by atoms with Crippen molar-refractivity contribution in [3.05, 3.63) is 46.9 Å². The van der Waals surface area contributed by atoms with E-state index >= 15 is 0 Å². The Balaban J connectivity index is 2.07. The van der Waals surface area contributed by atoms with Gasteiger partial charge in [-0.05, 0) is 29.3 Å². The van der Waals surface area contributed by atoms with E-state index in [2.05, 4.69) is 45.5 Å². The second-order valence-electron chi connectivity index (χ2n) is 3.97. The van der Waals surface area contributed by atoms with E-state index < -0.39 is 0 Å². The fraction of sp³-hybridized carbons (Fsp3) is 0.143. The highest BCUT2D eigenvalue weighted by molar-refractivity contribution is 9.10. The molecule has 0 fully saturated rings. The van der Waals surface area contributed by atoms with Crippen LogP contribution in [0.2, 0.25) is 0 Å². The fourth-order valence-electron chi connectivity index (χ4n) is 2.00. The van der Waals surface area contributed by atoms with Crippen LogP contribution in [0.25, 0.3) is 11.1 Å². The highest BCUT2D eigenvalue weighted by Gasteiger charge is 2.11. The summed E-state index contributed by atoms with van der Waals surface area (Å²) in [5.41, 5.74) is 3.46. The lowest BCUT2D eigenvalue weighted by Crippen LogP contribution is -2.17. The normalized spacial score (nSPS) is 13.5. The summed E-state index contributed by atoms with van der Waals surface area (Å²) in [6.45, 7) is 1.60. The van der Waals surface area contributed by atoms with Gasteiger partial charge in [0.1, 0.15) is 12.4 Å². The van der Waals surface area contributed by atoms with Gasteiger partial charge < -0.3 is 10.1 Å². The molecule has 86 valence electrons. The van der Waals surface area contributed by atoms with Crippen LogP contribution in [0.15, 0.2) is 46.9 Å². The summed E-state index contributed by atoms with van der Waals surface area (Å²) in [6, 6.07) is 14.5. The van der Waals surface area contributed by atoms with Crippen LogP contribution in [-0.2, 0) is 0 Å². The van der Waals surface area contributed by atoms with Crippen molar-refractivity contribution in [2.24, 2.45) is 0 Å². The molecule has 0 aromatic heterocycles. The van der Waals surface area contributed by atoms with Crippen molar-refractivity contribution in [1.82, 2.24) is 0 Å². The smallest absolute Gasteiger partial charge is 0.142 e. The number of rotatable bonds is 1. The van der Waals surface area contributed by atoms with E-state index in [-0.39, 0.29) is 0 Å². The van der Waals surface area contributed by atoms with Crippen molar-refractivity contribution < 1.29 is 4.74 Å². The van der Waals surface area contributed by atoms with Gasteiger partial charge in [0.25, 0.3) is 0 Å². The van der Waals surface area contributed by atoms with Crippen molar-refractivity contribution in [2.45, 2.75) is 0 Å². The Bertz CT molecular complexity index is 554. The first-order chi connectivity index (χ1) is 8.34. The van der Waals surface area contributed by atoms with Gasteiger partial charge in [0.15, 0.2) is 0 Å². The molecular weight excluding hydrogens is 278 g/mol. The van der Waals surface area contributed by atoms with Crippen molar-refractivity contribution in [1.29, 1.82) is 0 Å². The molecule has 2 aromatic rings. The molecule has 1 N–H and O–H groups in total. The van der Waals surface area contributed by atoms with Gasteiger partial charge in [0.05, 0.1) is 5.69 Å². The molecule has 3 heteroatoms. The third-order valence-electron chi connectivity index (χ3n) is 2.84. The molecule has 0 bridgehead atoms. The largest absolute Gasteiger partial charge is 0.490 e. The van der Waals surface area contributed by atoms with Gasteiger partial charge in [0.2, 0.25) is 0 Å². The van der Waals surface area contributed by atoms with Gasteiger partial charge in [-0.2, -0.15) is 0 Å². The van der Waals surface area contributed by atoms with Crippen LogP contribution in [0, 0.1) is 0 Å². The zero-order valence-corrected chi connectivity index (χ0v) is 10.8. The molecule has 0 atom stereocenters. The zero-order chi connectivity index (χ0) is 11.7. The summed E-state index contributed by atoms with van der Waals surface area (Å²) >= 11 is 3.58. The number of halogens is 1. The molecule has 0 radical (unpaired) electrons. The van der Waals surface area contributed by atoms with Gasteiger partial charge in [-0.3, -0.25) is 0 Å². The number of ether oxygens (including phenoxy) is 1. The van der Waals surface area contributed by atoms with Crippen LogP contribution in [-0.4, -0.2) is 13.2 Å². The summed E-state index contributed by atoms with van der Waals surface area (Å²) in [5.74, 6) is 0.937. The van der Waals surface area contributed by atoms with E-state index in [1.807, 2.05) is 18.2 Å². The lowest BCUT2D eigenvalue weighted by molar-refractivity contribution is 0.323. The molecule has 3 rings (SSSR count). The average Bonchev–Trinajstić information content (AvgIpc) is 2.39. The molecule has 0 saturated heterocycles. The average molecular weight is 290 g/mol. The summed E-state index contributed by atoms with van der Waals surface area (Å²) in [5, 5.41) is 3.35. The predicted octanol–water partition coefficient (Wildman–Crippen LogP) is 3.92. The second kappa shape index (κ2) is 4.41. The topological polar surface area (TPSA) is 21.3 Å². The highest BCUT2D eigenvalue weighted by atomic mass is 79.9. The van der Waals surface area contributed by atoms with Crippen LogP contribution in [0.4, 0.5) is 5.69 Å². The summed E-state index contributed by atoms with van der Waals surface area (Å²) in [7, 11) is 0. The summed E-state index contributed by atoms with van der Waals surface area (Å²) in [6.07, 6.45) is 0. The van der Waals surface area contributed by atoms with Crippen LogP contribution in [0.5, 0.6) is 5.75 Å². The fourth-order valence-corrected chi connectivity index (χ4v) is 2.52. The first-order valence-electron chi connectivity index (χ1n) is 5.60. The molecule has 1 aliphatic heterocycles. The number of hydrogen-bond donors (Lipinski definition) is 1. The Morgan fingerprint density at radius 3 is 2.88 bits per heavy atom. The Hall–Kier alpha value is -1.48. The molecule has 2 aromatic carbocycles. The standard InChI is InChI=1S/C14H12BrNO/c15-12-4-2-1-3-11(12)10-5-6-14-13(9-10)16-7-8-17-14/h1-6,9,16H,7-8H2. The molecule has 0 aliphatic carbocycles. The van der Waals surface area contributed by atoms with Crippen molar-refractivity contribution in [3.8, 4) is 16.9 Å². The lowest BCUT2D eigenvalue weighted by atomic mass is 10.0. The third kappa shape index (κ3) is 2.03. The summed E-state index contributed by atoms with van der Waals surface area (Å²) in [4.78, 5) is 0. The maximum atomic E-state index is 5.57. The summed E-state index contributed by atoms with van der Waals surface area (Å²) < 4.78 is 6.68. The number of fused-ring (bicyclic) bond motifs is 1. The van der Waals surface area contributed by atoms with Crippen molar-refractivity contribution in [3.63, 3.8) is 0 Å². The number of anilines is 1. The minimum absolute atomic E-state index is 0.737. The van der Waals surface area contributed by atoms with Gasteiger partial charge in [-0.1, -0.05) is 40.2 Å². The minimum atomic E-state index is 0.737. The van der Waals surface area contributed by atoms with E-state index in [4.69, 9.17) is 4.74 Å². The maximum absolute atomic E-state index is 5.57. The van der Waals surface area contributed by atoms with Gasteiger partial charge >= 0.3 is 0 Å². The van der Waals surface area contributed by atoms with Crippen molar-refractivity contribution >= 4 is 21.6 Å². The highest BCUT2D eigenvalue weighted by Crippen LogP contribution is 2.34. The molecular formula is C14H12BrNO. The molecule has 2 nitrogen and oxygen atoms in total. The first-order valence-corrected chi connectivity index (χ1v) is 6.39. The molecule has 1 heterocycles.